The van der Waals surface area contributed by atoms with Gasteiger partial charge in [0.1, 0.15) is 23.8 Å². The summed E-state index contributed by atoms with van der Waals surface area (Å²) >= 11 is 0. The van der Waals surface area contributed by atoms with Crippen molar-refractivity contribution in [2.45, 2.75) is 51.6 Å². The number of amides is 4. The Bertz CT molecular complexity index is 2090. The lowest BCUT2D eigenvalue weighted by Crippen LogP contribution is -2.49. The number of anilines is 4. The van der Waals surface area contributed by atoms with Gasteiger partial charge in [0.15, 0.2) is 0 Å². The largest absolute Gasteiger partial charge is 0.444 e. The molecule has 0 aliphatic carbocycles. The highest BCUT2D eigenvalue weighted by Crippen LogP contribution is 2.30. The normalized spacial score (nSPS) is 18.5. The number of carbonyl (C=O) groups excluding carboxylic acids is 4. The van der Waals surface area contributed by atoms with Crippen molar-refractivity contribution >= 4 is 46.8 Å². The number of nitrogens with two attached hydrogens (primary N) is 1. The molecular formula is C49H59F2N7O8. The van der Waals surface area contributed by atoms with Gasteiger partial charge in [0, 0.05) is 58.9 Å². The van der Waals surface area contributed by atoms with Crippen LogP contribution in [0.25, 0.3) is 0 Å². The van der Waals surface area contributed by atoms with E-state index in [4.69, 9.17) is 24.7 Å². The first-order valence-corrected chi connectivity index (χ1v) is 22.6. The lowest BCUT2D eigenvalue weighted by atomic mass is 10.2. The van der Waals surface area contributed by atoms with E-state index in [-0.39, 0.29) is 36.4 Å². The van der Waals surface area contributed by atoms with Crippen molar-refractivity contribution in [2.24, 2.45) is 5.73 Å². The summed E-state index contributed by atoms with van der Waals surface area (Å²) in [7, 11) is 0. The second-order valence-electron chi connectivity index (χ2n) is 16.5. The Morgan fingerprint density at radius 1 is 0.606 bits per heavy atom. The van der Waals surface area contributed by atoms with Crippen LogP contribution in [0.3, 0.4) is 0 Å². The molecule has 352 valence electrons. The Morgan fingerprint density at radius 2 is 1.02 bits per heavy atom. The topological polar surface area (TPSA) is 151 Å². The Kier molecular flexibility index (Phi) is 16.8. The van der Waals surface area contributed by atoms with Crippen molar-refractivity contribution in [2.75, 3.05) is 105 Å². The summed E-state index contributed by atoms with van der Waals surface area (Å²) in [5.41, 5.74) is 9.61. The summed E-state index contributed by atoms with van der Waals surface area (Å²) in [5, 5.41) is 0. The molecule has 2 N–H and O–H groups in total. The quantitative estimate of drug-likeness (QED) is 0.129. The average molecular weight is 912 g/mol. The number of halogens is 2. The molecule has 4 aromatic rings. The molecule has 0 spiro atoms. The van der Waals surface area contributed by atoms with E-state index in [1.165, 1.54) is 21.9 Å². The van der Waals surface area contributed by atoms with Crippen LogP contribution in [0.4, 0.5) is 41.1 Å². The number of piperazine rings is 2. The van der Waals surface area contributed by atoms with Gasteiger partial charge in [-0.05, 0) is 53.9 Å². The smallest absolute Gasteiger partial charge is 0.414 e. The van der Waals surface area contributed by atoms with Crippen LogP contribution in [0, 0.1) is 11.6 Å². The number of hydrogen-bond acceptors (Lipinski definition) is 11. The molecule has 4 fully saturated rings. The summed E-state index contributed by atoms with van der Waals surface area (Å²) in [6.45, 7) is 8.94. The summed E-state index contributed by atoms with van der Waals surface area (Å²) in [6.07, 6.45) is -0.104. The van der Waals surface area contributed by atoms with Crippen molar-refractivity contribution < 1.29 is 46.9 Å². The van der Waals surface area contributed by atoms with Crippen LogP contribution >= 0.6 is 0 Å². The summed E-state index contributed by atoms with van der Waals surface area (Å²) in [6, 6.07) is 29.3. The predicted octanol–water partition coefficient (Wildman–Crippen LogP) is 6.18. The molecule has 4 aromatic carbocycles. The second-order valence-corrected chi connectivity index (χ2v) is 16.5. The second kappa shape index (κ2) is 23.2. The minimum Gasteiger partial charge on any atom is -0.444 e. The van der Waals surface area contributed by atoms with E-state index in [9.17, 15) is 28.0 Å². The molecule has 15 nitrogen and oxygen atoms in total. The van der Waals surface area contributed by atoms with E-state index in [0.717, 1.165) is 17.5 Å². The van der Waals surface area contributed by atoms with Gasteiger partial charge in [-0.25, -0.2) is 18.4 Å². The Hall–Kier alpha value is -6.30. The number of hydrogen-bond donors (Lipinski definition) is 1. The molecule has 8 rings (SSSR count). The minimum atomic E-state index is -0.516. The first kappa shape index (κ1) is 47.7. The van der Waals surface area contributed by atoms with E-state index >= 15 is 0 Å². The van der Waals surface area contributed by atoms with Gasteiger partial charge in [-0.15, -0.1) is 0 Å². The fraction of sp³-hybridized carbons (Fsp3) is 0.429. The number of cyclic esters (lactones) is 2. The zero-order chi connectivity index (χ0) is 46.4. The monoisotopic (exact) mass is 911 g/mol. The number of benzene rings is 4. The lowest BCUT2D eigenvalue weighted by Gasteiger charge is -2.36. The number of ether oxygens (including phenoxy) is 4. The third kappa shape index (κ3) is 12.5. The van der Waals surface area contributed by atoms with E-state index in [2.05, 4.69) is 0 Å². The average Bonchev–Trinajstić information content (AvgIpc) is 3.93. The van der Waals surface area contributed by atoms with Gasteiger partial charge in [-0.1, -0.05) is 67.6 Å². The predicted molar refractivity (Wildman–Crippen MR) is 246 cm³/mol. The van der Waals surface area contributed by atoms with Crippen LogP contribution < -0.4 is 25.3 Å². The van der Waals surface area contributed by atoms with Crippen LogP contribution in [0.15, 0.2) is 97.1 Å². The van der Waals surface area contributed by atoms with E-state index in [0.29, 0.717) is 127 Å². The van der Waals surface area contributed by atoms with Crippen LogP contribution in [0.2, 0.25) is 0 Å². The van der Waals surface area contributed by atoms with Crippen LogP contribution in [0.1, 0.15) is 37.3 Å². The summed E-state index contributed by atoms with van der Waals surface area (Å²) < 4.78 is 51.4. The zero-order valence-electron chi connectivity index (χ0n) is 37.4. The molecule has 4 aliphatic heterocycles. The Balaban J connectivity index is 0.000000196. The van der Waals surface area contributed by atoms with Gasteiger partial charge < -0.3 is 44.3 Å². The number of nitrogens with zero attached hydrogens (tertiary/aromatic N) is 6. The highest BCUT2D eigenvalue weighted by atomic mass is 19.1. The van der Waals surface area contributed by atoms with Crippen LogP contribution in [-0.2, 0) is 41.8 Å². The highest BCUT2D eigenvalue weighted by molar-refractivity contribution is 5.91. The molecule has 0 bridgehead atoms. The molecule has 17 heteroatoms. The molecule has 4 aliphatic rings. The fourth-order valence-electron chi connectivity index (χ4n) is 8.20. The molecule has 0 radical (unpaired) electrons. The van der Waals surface area contributed by atoms with Gasteiger partial charge in [0.05, 0.1) is 75.1 Å². The summed E-state index contributed by atoms with van der Waals surface area (Å²) in [4.78, 5) is 59.3. The first-order chi connectivity index (χ1) is 32.1. The molecule has 0 aromatic heterocycles. The molecule has 4 saturated heterocycles. The van der Waals surface area contributed by atoms with Crippen molar-refractivity contribution in [3.63, 3.8) is 0 Å². The third-order valence-corrected chi connectivity index (χ3v) is 12.0. The standard InChI is InChI=1S/C25H30FN3O4.C24H29FN4O4/c1-2-21-17-29(25(31)33-21)20-8-9-23(22(26)16-20)27-11-13-28(14-12-27)24(30)10-15-32-18-19-6-4-3-5-7-19;25-21-14-19(29-16-20(15-26)33-24(29)31)6-7-22(21)27-9-11-28(12-10-27)23(30)8-13-32-17-18-4-2-1-3-5-18/h3-9,16,21H,2,10-15,17-18H2,1H3;1-7,14,20H,8-13,15-17,26H2/t21-;20-/m00/s1. The number of rotatable bonds is 16. The van der Waals surface area contributed by atoms with Gasteiger partial charge in [-0.2, -0.15) is 0 Å². The van der Waals surface area contributed by atoms with E-state index < -0.39 is 18.0 Å². The molecule has 0 saturated carbocycles. The summed E-state index contributed by atoms with van der Waals surface area (Å²) in [5.74, 6) is -0.697. The molecular weight excluding hydrogens is 853 g/mol. The van der Waals surface area contributed by atoms with Crippen molar-refractivity contribution in [1.82, 2.24) is 9.80 Å². The van der Waals surface area contributed by atoms with E-state index in [1.807, 2.05) is 77.4 Å². The molecule has 66 heavy (non-hydrogen) atoms. The molecule has 2 atom stereocenters. The molecule has 0 unspecified atom stereocenters. The Labute approximate surface area is 384 Å². The van der Waals surface area contributed by atoms with Gasteiger partial charge >= 0.3 is 12.2 Å². The van der Waals surface area contributed by atoms with Crippen LogP contribution in [-0.4, -0.2) is 131 Å². The number of carbonyl (C=O) groups is 4. The molecule has 4 amide bonds. The Morgan fingerprint density at radius 3 is 1.38 bits per heavy atom. The maximum Gasteiger partial charge on any atom is 0.414 e. The van der Waals surface area contributed by atoms with E-state index in [1.54, 1.807) is 34.1 Å². The van der Waals surface area contributed by atoms with Gasteiger partial charge in [0.25, 0.3) is 0 Å². The van der Waals surface area contributed by atoms with Crippen molar-refractivity contribution in [3.05, 3.63) is 120 Å². The minimum absolute atomic E-state index is 0.0422. The van der Waals surface area contributed by atoms with Gasteiger partial charge in [0.2, 0.25) is 11.8 Å². The maximum absolute atomic E-state index is 14.9. The van der Waals surface area contributed by atoms with Crippen LogP contribution in [0.5, 0.6) is 0 Å². The van der Waals surface area contributed by atoms with Crippen molar-refractivity contribution in [1.29, 1.82) is 0 Å². The lowest BCUT2D eigenvalue weighted by molar-refractivity contribution is -0.133. The first-order valence-electron chi connectivity index (χ1n) is 22.6. The SMILES string of the molecule is CC[C@H]1CN(c2ccc(N3CCN(C(=O)CCOCc4ccccc4)CC3)c(F)c2)C(=O)O1.NC[C@H]1CN(c2ccc(N3CCN(C(=O)CCOCc4ccccc4)CC3)c(F)c2)C(=O)O1. The third-order valence-electron chi connectivity index (χ3n) is 12.0. The fourth-order valence-corrected chi connectivity index (χ4v) is 8.20. The van der Waals surface area contributed by atoms with Gasteiger partial charge in [-0.3, -0.25) is 19.4 Å². The maximum atomic E-state index is 14.9. The highest BCUT2D eigenvalue weighted by Gasteiger charge is 2.34. The van der Waals surface area contributed by atoms with Crippen molar-refractivity contribution in [3.8, 4) is 0 Å². The molecule has 4 heterocycles. The zero-order valence-corrected chi connectivity index (χ0v) is 37.4.